The highest BCUT2D eigenvalue weighted by Crippen LogP contribution is 2.28. The van der Waals surface area contributed by atoms with Crippen LogP contribution in [0.5, 0.6) is 0 Å². The summed E-state index contributed by atoms with van der Waals surface area (Å²) in [7, 11) is 0. The summed E-state index contributed by atoms with van der Waals surface area (Å²) in [6.07, 6.45) is 9.71. The van der Waals surface area contributed by atoms with Crippen molar-refractivity contribution in [1.82, 2.24) is 24.6 Å². The van der Waals surface area contributed by atoms with Crippen LogP contribution in [-0.4, -0.2) is 63.4 Å². The second kappa shape index (κ2) is 9.15. The molecular formula is C19H27ClN6O2. The molecule has 0 aliphatic carbocycles. The molecule has 2 aromatic rings. The van der Waals surface area contributed by atoms with Crippen molar-refractivity contribution in [2.75, 3.05) is 37.3 Å². The lowest BCUT2D eigenvalue weighted by Gasteiger charge is -2.24. The highest BCUT2D eigenvalue weighted by molar-refractivity contribution is 6.37. The quantitative estimate of drug-likeness (QED) is 0.710. The number of nitrogens with zero attached hydrogens (tertiary/aromatic N) is 6. The number of likely N-dealkylation sites (tertiary alicyclic amines) is 1. The van der Waals surface area contributed by atoms with Gasteiger partial charge >= 0.3 is 0 Å². The maximum Gasteiger partial charge on any atom is 0.246 e. The van der Waals surface area contributed by atoms with Crippen LogP contribution in [0, 0.1) is 5.92 Å². The van der Waals surface area contributed by atoms with Crippen LogP contribution in [0.1, 0.15) is 38.5 Å². The number of carbonyl (C=O) groups is 1. The molecular weight excluding hydrogens is 380 g/mol. The average molecular weight is 407 g/mol. The molecule has 0 spiro atoms. The van der Waals surface area contributed by atoms with E-state index in [1.165, 1.54) is 32.0 Å². The number of halogens is 1. The second-order valence-electron chi connectivity index (χ2n) is 7.56. The summed E-state index contributed by atoms with van der Waals surface area (Å²) in [4.78, 5) is 23.9. The summed E-state index contributed by atoms with van der Waals surface area (Å²) >= 11 is 6.40. The van der Waals surface area contributed by atoms with Crippen molar-refractivity contribution in [3.8, 4) is 0 Å². The zero-order valence-electron chi connectivity index (χ0n) is 16.1. The molecule has 0 saturated carbocycles. The lowest BCUT2D eigenvalue weighted by molar-refractivity contribution is -0.124. The van der Waals surface area contributed by atoms with Crippen molar-refractivity contribution < 1.29 is 9.53 Å². The van der Waals surface area contributed by atoms with Crippen molar-refractivity contribution in [3.05, 3.63) is 12.5 Å². The molecule has 0 unspecified atom stereocenters. The van der Waals surface area contributed by atoms with Crippen molar-refractivity contribution >= 4 is 34.5 Å². The minimum absolute atomic E-state index is 0.130. The van der Waals surface area contributed by atoms with Crippen LogP contribution in [0.3, 0.4) is 0 Å². The maximum absolute atomic E-state index is 12.8. The Kier molecular flexibility index (Phi) is 6.39. The minimum atomic E-state index is -0.137. The Bertz CT molecular complexity index is 799. The maximum atomic E-state index is 12.8. The molecule has 0 atom stereocenters. The highest BCUT2D eigenvalue weighted by Gasteiger charge is 2.29. The van der Waals surface area contributed by atoms with Crippen LogP contribution in [0.15, 0.2) is 12.5 Å². The largest absolute Gasteiger partial charge is 0.381 e. The number of hydrogen-bond acceptors (Lipinski definition) is 6. The third-order valence-corrected chi connectivity index (χ3v) is 6.02. The van der Waals surface area contributed by atoms with E-state index in [9.17, 15) is 4.79 Å². The molecule has 2 fully saturated rings. The van der Waals surface area contributed by atoms with Crippen LogP contribution in [0.2, 0.25) is 0 Å². The fourth-order valence-corrected chi connectivity index (χ4v) is 4.28. The van der Waals surface area contributed by atoms with Gasteiger partial charge in [-0.1, -0.05) is 12.8 Å². The van der Waals surface area contributed by atoms with Crippen LogP contribution < -0.4 is 4.42 Å². The van der Waals surface area contributed by atoms with Crippen LogP contribution in [0.4, 0.5) is 5.82 Å². The van der Waals surface area contributed by atoms with Gasteiger partial charge in [0.05, 0.1) is 18.1 Å². The predicted octanol–water partition coefficient (Wildman–Crippen LogP) is 2.62. The predicted molar refractivity (Wildman–Crippen MR) is 107 cm³/mol. The van der Waals surface area contributed by atoms with E-state index in [4.69, 9.17) is 16.5 Å². The molecule has 2 aliphatic heterocycles. The summed E-state index contributed by atoms with van der Waals surface area (Å²) in [5.41, 5.74) is 0.713. The first-order valence-electron chi connectivity index (χ1n) is 10.2. The van der Waals surface area contributed by atoms with E-state index in [2.05, 4.69) is 20.0 Å². The van der Waals surface area contributed by atoms with E-state index < -0.39 is 0 Å². The summed E-state index contributed by atoms with van der Waals surface area (Å²) in [5.74, 6) is 0.140. The molecule has 28 heavy (non-hydrogen) atoms. The van der Waals surface area contributed by atoms with Gasteiger partial charge in [0, 0.05) is 37.5 Å². The third-order valence-electron chi connectivity index (χ3n) is 5.69. The first-order valence-corrected chi connectivity index (χ1v) is 10.5. The molecule has 0 bridgehead atoms. The van der Waals surface area contributed by atoms with E-state index in [0.717, 1.165) is 30.6 Å². The molecule has 1 amide bonds. The molecule has 8 nitrogen and oxygen atoms in total. The Morgan fingerprint density at radius 3 is 2.64 bits per heavy atom. The van der Waals surface area contributed by atoms with E-state index in [1.54, 1.807) is 6.20 Å². The topological polar surface area (TPSA) is 76.4 Å². The van der Waals surface area contributed by atoms with Crippen LogP contribution >= 0.6 is 11.8 Å². The van der Waals surface area contributed by atoms with Crippen molar-refractivity contribution in [2.24, 2.45) is 5.92 Å². The van der Waals surface area contributed by atoms with Gasteiger partial charge in [0.15, 0.2) is 11.5 Å². The standard InChI is InChI=1S/C19H27ClN6O2/c20-26(19(27)15-5-11-28-12-6-15)18-16-13-23-25(17(16)21-14-22-18)10-9-24-7-3-1-2-4-8-24/h13-15H,1-12H2. The lowest BCUT2D eigenvalue weighted by atomic mass is 9.99. The van der Waals surface area contributed by atoms with Gasteiger partial charge in [0.1, 0.15) is 6.33 Å². The molecule has 0 N–H and O–H groups in total. The number of amides is 1. The van der Waals surface area contributed by atoms with Gasteiger partial charge in [-0.3, -0.25) is 4.79 Å². The second-order valence-corrected chi connectivity index (χ2v) is 7.90. The minimum Gasteiger partial charge on any atom is -0.381 e. The lowest BCUT2D eigenvalue weighted by Crippen LogP contribution is -2.33. The summed E-state index contributed by atoms with van der Waals surface area (Å²) < 4.78 is 8.36. The number of ether oxygens (including phenoxy) is 1. The van der Waals surface area contributed by atoms with Gasteiger partial charge in [0.2, 0.25) is 5.91 Å². The van der Waals surface area contributed by atoms with Gasteiger partial charge < -0.3 is 9.64 Å². The molecule has 2 saturated heterocycles. The van der Waals surface area contributed by atoms with Crippen molar-refractivity contribution in [1.29, 1.82) is 0 Å². The Morgan fingerprint density at radius 1 is 1.14 bits per heavy atom. The number of fused-ring (bicyclic) bond motifs is 1. The molecule has 4 rings (SSSR count). The smallest absolute Gasteiger partial charge is 0.246 e. The average Bonchev–Trinajstić information content (AvgIpc) is 2.98. The molecule has 152 valence electrons. The normalized spacial score (nSPS) is 19.6. The summed E-state index contributed by atoms with van der Waals surface area (Å²) in [5, 5.41) is 5.19. The van der Waals surface area contributed by atoms with Gasteiger partial charge in [0.25, 0.3) is 0 Å². The van der Waals surface area contributed by atoms with Gasteiger partial charge in [-0.15, -0.1) is 0 Å². The Morgan fingerprint density at radius 2 is 1.89 bits per heavy atom. The van der Waals surface area contributed by atoms with E-state index in [1.807, 2.05) is 4.68 Å². The van der Waals surface area contributed by atoms with Crippen LogP contribution in [-0.2, 0) is 16.1 Å². The zero-order chi connectivity index (χ0) is 19.3. The Hall–Kier alpha value is -1.77. The fourth-order valence-electron chi connectivity index (χ4n) is 4.01. The number of aromatic nitrogens is 4. The monoisotopic (exact) mass is 406 g/mol. The highest BCUT2D eigenvalue weighted by atomic mass is 35.5. The summed E-state index contributed by atoms with van der Waals surface area (Å²) in [6, 6.07) is 0. The van der Waals surface area contributed by atoms with Crippen molar-refractivity contribution in [2.45, 2.75) is 45.1 Å². The van der Waals surface area contributed by atoms with Gasteiger partial charge in [-0.05, 0) is 38.8 Å². The number of hydrogen-bond donors (Lipinski definition) is 0. The van der Waals surface area contributed by atoms with Gasteiger partial charge in [-0.2, -0.15) is 5.10 Å². The van der Waals surface area contributed by atoms with Gasteiger partial charge in [-0.25, -0.2) is 19.1 Å². The molecule has 2 aromatic heterocycles. The first-order chi connectivity index (χ1) is 13.7. The fraction of sp³-hybridized carbons (Fsp3) is 0.684. The zero-order valence-corrected chi connectivity index (χ0v) is 16.9. The van der Waals surface area contributed by atoms with Crippen molar-refractivity contribution in [3.63, 3.8) is 0 Å². The number of anilines is 1. The van der Waals surface area contributed by atoms with Crippen LogP contribution in [0.25, 0.3) is 11.0 Å². The number of rotatable bonds is 5. The Labute approximate surface area is 169 Å². The molecule has 9 heteroatoms. The third kappa shape index (κ3) is 4.29. The first kappa shape index (κ1) is 19.5. The molecule has 0 radical (unpaired) electrons. The molecule has 4 heterocycles. The molecule has 0 aromatic carbocycles. The van der Waals surface area contributed by atoms with E-state index in [0.29, 0.717) is 42.9 Å². The van der Waals surface area contributed by atoms with E-state index in [-0.39, 0.29) is 11.8 Å². The number of carbonyl (C=O) groups excluding carboxylic acids is 1. The van der Waals surface area contributed by atoms with E-state index >= 15 is 0 Å². The molecule has 2 aliphatic rings. The SMILES string of the molecule is O=C(C1CCOCC1)N(Cl)c1ncnc2c1cnn2CCN1CCCCCC1. The Balaban J connectivity index is 1.48. The summed E-state index contributed by atoms with van der Waals surface area (Å²) in [6.45, 7) is 5.18.